The van der Waals surface area contributed by atoms with Crippen LogP contribution in [-0.2, 0) is 0 Å². The van der Waals surface area contributed by atoms with E-state index in [0.717, 1.165) is 13.0 Å². The van der Waals surface area contributed by atoms with Crippen LogP contribution in [0.3, 0.4) is 0 Å². The molecule has 1 heteroatoms. The molecule has 0 bridgehead atoms. The predicted molar refractivity (Wildman–Crippen MR) is 53.0 cm³/mol. The Morgan fingerprint density at radius 2 is 1.58 bits per heavy atom. The van der Waals surface area contributed by atoms with Gasteiger partial charge in [0.2, 0.25) is 0 Å². The van der Waals surface area contributed by atoms with E-state index < -0.39 is 0 Å². The predicted octanol–water partition coefficient (Wildman–Crippen LogP) is 2.28. The molecule has 0 saturated carbocycles. The molecule has 0 aliphatic carbocycles. The molecule has 1 aliphatic heterocycles. The van der Waals surface area contributed by atoms with Crippen molar-refractivity contribution in [2.45, 2.75) is 38.5 Å². The zero-order valence-electron chi connectivity index (χ0n) is 7.89. The van der Waals surface area contributed by atoms with Crippen LogP contribution in [0.1, 0.15) is 38.5 Å². The number of hydrogen-bond donors (Lipinski definition) is 0. The van der Waals surface area contributed by atoms with E-state index in [1.165, 1.54) is 45.2 Å². The highest BCUT2D eigenvalue weighted by molar-refractivity contribution is 4.84. The van der Waals surface area contributed by atoms with Crippen LogP contribution in [0.4, 0.5) is 0 Å². The highest BCUT2D eigenvalue weighted by atomic mass is 15.1. The van der Waals surface area contributed by atoms with Gasteiger partial charge in [0.05, 0.1) is 0 Å². The smallest absolute Gasteiger partial charge is 0.0214 e. The molecule has 0 amide bonds. The van der Waals surface area contributed by atoms with E-state index in [1.54, 1.807) is 0 Å². The van der Waals surface area contributed by atoms with E-state index in [1.807, 2.05) is 0 Å². The van der Waals surface area contributed by atoms with Crippen LogP contribution in [0, 0.1) is 12.3 Å². The van der Waals surface area contributed by atoms with Gasteiger partial charge in [-0.15, -0.1) is 12.3 Å². The fourth-order valence-corrected chi connectivity index (χ4v) is 1.76. The number of terminal acetylenes is 1. The lowest BCUT2D eigenvalue weighted by atomic mass is 10.1. The quantitative estimate of drug-likeness (QED) is 0.567. The van der Waals surface area contributed by atoms with E-state index in [2.05, 4.69) is 10.8 Å². The highest BCUT2D eigenvalue weighted by Crippen LogP contribution is 2.10. The van der Waals surface area contributed by atoms with Crippen LogP contribution >= 0.6 is 0 Å². The van der Waals surface area contributed by atoms with E-state index in [9.17, 15) is 0 Å². The Bertz CT molecular complexity index is 138. The lowest BCUT2D eigenvalue weighted by Gasteiger charge is -2.23. The van der Waals surface area contributed by atoms with Gasteiger partial charge in [0.15, 0.2) is 0 Å². The van der Waals surface area contributed by atoms with Crippen LogP contribution in [0.25, 0.3) is 0 Å². The molecule has 0 aromatic carbocycles. The molecule has 0 aromatic heterocycles. The minimum atomic E-state index is 0.917. The van der Waals surface area contributed by atoms with Gasteiger partial charge in [0, 0.05) is 13.0 Å². The van der Waals surface area contributed by atoms with Crippen LogP contribution in [0.15, 0.2) is 0 Å². The topological polar surface area (TPSA) is 3.24 Å². The second kappa shape index (κ2) is 6.08. The summed E-state index contributed by atoms with van der Waals surface area (Å²) in [5, 5.41) is 0. The molecular formula is C11H19N. The van der Waals surface area contributed by atoms with Gasteiger partial charge < -0.3 is 4.90 Å². The van der Waals surface area contributed by atoms with Gasteiger partial charge in [0.25, 0.3) is 0 Å². The maximum absolute atomic E-state index is 5.24. The Kier molecular flexibility index (Phi) is 4.87. The molecule has 1 nitrogen and oxygen atoms in total. The molecule has 1 fully saturated rings. The molecule has 1 aliphatic rings. The normalized spacial score (nSPS) is 20.9. The molecule has 1 heterocycles. The van der Waals surface area contributed by atoms with Crippen LogP contribution in [-0.4, -0.2) is 24.5 Å². The summed E-state index contributed by atoms with van der Waals surface area (Å²) in [4.78, 5) is 2.51. The summed E-state index contributed by atoms with van der Waals surface area (Å²) in [6, 6.07) is 0. The zero-order valence-corrected chi connectivity index (χ0v) is 7.89. The maximum atomic E-state index is 5.24. The van der Waals surface area contributed by atoms with Crippen molar-refractivity contribution in [3.63, 3.8) is 0 Å². The van der Waals surface area contributed by atoms with Gasteiger partial charge in [-0.1, -0.05) is 19.3 Å². The summed E-state index contributed by atoms with van der Waals surface area (Å²) >= 11 is 0. The third-order valence-corrected chi connectivity index (χ3v) is 2.52. The molecule has 68 valence electrons. The molecule has 0 aromatic rings. The van der Waals surface area contributed by atoms with Crippen molar-refractivity contribution in [1.82, 2.24) is 4.90 Å². The zero-order chi connectivity index (χ0) is 8.65. The van der Waals surface area contributed by atoms with Crippen LogP contribution in [0.5, 0.6) is 0 Å². The van der Waals surface area contributed by atoms with Crippen molar-refractivity contribution in [1.29, 1.82) is 0 Å². The molecule has 12 heavy (non-hydrogen) atoms. The SMILES string of the molecule is C#CCCN1CCCCCCC1. The van der Waals surface area contributed by atoms with Crippen molar-refractivity contribution in [2.24, 2.45) is 0 Å². The minimum Gasteiger partial charge on any atom is -0.302 e. The van der Waals surface area contributed by atoms with E-state index in [4.69, 9.17) is 6.42 Å². The Morgan fingerprint density at radius 3 is 2.17 bits per heavy atom. The monoisotopic (exact) mass is 165 g/mol. The van der Waals surface area contributed by atoms with Crippen LogP contribution in [0.2, 0.25) is 0 Å². The van der Waals surface area contributed by atoms with Gasteiger partial charge in [-0.05, 0) is 25.9 Å². The van der Waals surface area contributed by atoms with Crippen LogP contribution < -0.4 is 0 Å². The maximum Gasteiger partial charge on any atom is 0.0214 e. The van der Waals surface area contributed by atoms with Gasteiger partial charge in [-0.3, -0.25) is 0 Å². The van der Waals surface area contributed by atoms with E-state index >= 15 is 0 Å². The molecule has 0 radical (unpaired) electrons. The Balaban J connectivity index is 2.16. The summed E-state index contributed by atoms with van der Waals surface area (Å²) in [5.41, 5.74) is 0. The van der Waals surface area contributed by atoms with Crippen molar-refractivity contribution >= 4 is 0 Å². The molecule has 0 unspecified atom stereocenters. The third-order valence-electron chi connectivity index (χ3n) is 2.52. The molecule has 1 rings (SSSR count). The first-order valence-electron chi connectivity index (χ1n) is 5.09. The van der Waals surface area contributed by atoms with Gasteiger partial charge in [-0.2, -0.15) is 0 Å². The average Bonchev–Trinajstić information content (AvgIpc) is 2.02. The van der Waals surface area contributed by atoms with E-state index in [-0.39, 0.29) is 0 Å². The lowest BCUT2D eigenvalue weighted by Crippen LogP contribution is -2.28. The Hall–Kier alpha value is -0.480. The second-order valence-corrected chi connectivity index (χ2v) is 3.56. The average molecular weight is 165 g/mol. The standard InChI is InChI=1S/C11H19N/c1-2-3-9-12-10-7-5-4-6-8-11-12/h1H,3-11H2. The summed E-state index contributed by atoms with van der Waals surface area (Å²) < 4.78 is 0. The number of nitrogens with zero attached hydrogens (tertiary/aromatic N) is 1. The Labute approximate surface area is 76.1 Å². The largest absolute Gasteiger partial charge is 0.302 e. The van der Waals surface area contributed by atoms with Crippen molar-refractivity contribution in [3.05, 3.63) is 0 Å². The number of rotatable bonds is 2. The fraction of sp³-hybridized carbons (Fsp3) is 0.818. The molecule has 0 N–H and O–H groups in total. The first-order chi connectivity index (χ1) is 5.93. The minimum absolute atomic E-state index is 0.917. The van der Waals surface area contributed by atoms with Gasteiger partial charge in [-0.25, -0.2) is 0 Å². The first-order valence-corrected chi connectivity index (χ1v) is 5.09. The highest BCUT2D eigenvalue weighted by Gasteiger charge is 2.06. The summed E-state index contributed by atoms with van der Waals surface area (Å²) in [6.07, 6.45) is 13.1. The fourth-order valence-electron chi connectivity index (χ4n) is 1.76. The van der Waals surface area contributed by atoms with Crippen molar-refractivity contribution < 1.29 is 0 Å². The summed E-state index contributed by atoms with van der Waals surface area (Å²) in [7, 11) is 0. The molecular weight excluding hydrogens is 146 g/mol. The van der Waals surface area contributed by atoms with Gasteiger partial charge >= 0.3 is 0 Å². The molecule has 1 saturated heterocycles. The number of hydrogen-bond acceptors (Lipinski definition) is 1. The van der Waals surface area contributed by atoms with Gasteiger partial charge in [0.1, 0.15) is 0 Å². The number of likely N-dealkylation sites (tertiary alicyclic amines) is 1. The third kappa shape index (κ3) is 3.78. The van der Waals surface area contributed by atoms with E-state index in [0.29, 0.717) is 0 Å². The molecule has 0 atom stereocenters. The summed E-state index contributed by atoms with van der Waals surface area (Å²) in [5.74, 6) is 2.71. The second-order valence-electron chi connectivity index (χ2n) is 3.56. The van der Waals surface area contributed by atoms with Crippen molar-refractivity contribution in [2.75, 3.05) is 19.6 Å². The van der Waals surface area contributed by atoms with Crippen molar-refractivity contribution in [3.8, 4) is 12.3 Å². The Morgan fingerprint density at radius 1 is 1.00 bits per heavy atom. The first kappa shape index (κ1) is 9.61. The molecule has 0 spiro atoms. The summed E-state index contributed by atoms with van der Waals surface area (Å²) in [6.45, 7) is 3.64. The lowest BCUT2D eigenvalue weighted by molar-refractivity contribution is 0.253.